The standard InChI is InChI=1S/C19H30N4O4/c1-3-4-7-27-13-23-9-14(17-18(23)19(26-2)21-12-20-17)5-6-22-8-15(11-24)16(25)10-22/h9,12,15-16,24-25H,3-8,10-11,13H2,1-2H3. The lowest BCUT2D eigenvalue weighted by atomic mass is 10.1. The third-order valence-electron chi connectivity index (χ3n) is 5.17. The van der Waals surface area contributed by atoms with Gasteiger partial charge in [0, 0.05) is 45.0 Å². The van der Waals surface area contributed by atoms with Gasteiger partial charge in [-0.05, 0) is 18.4 Å². The highest BCUT2D eigenvalue weighted by Crippen LogP contribution is 2.27. The van der Waals surface area contributed by atoms with Crippen LogP contribution in [0.5, 0.6) is 5.88 Å². The first kappa shape index (κ1) is 20.0. The molecule has 3 heterocycles. The first-order valence-corrected chi connectivity index (χ1v) is 9.63. The highest BCUT2D eigenvalue weighted by Gasteiger charge is 2.30. The Morgan fingerprint density at radius 3 is 2.85 bits per heavy atom. The zero-order valence-corrected chi connectivity index (χ0v) is 16.2. The second-order valence-electron chi connectivity index (χ2n) is 7.11. The number of aromatic nitrogens is 3. The molecule has 150 valence electrons. The Morgan fingerprint density at radius 1 is 1.30 bits per heavy atom. The van der Waals surface area contributed by atoms with E-state index in [1.807, 2.05) is 4.57 Å². The van der Waals surface area contributed by atoms with Crippen LogP contribution in [0, 0.1) is 5.92 Å². The van der Waals surface area contributed by atoms with Crippen LogP contribution < -0.4 is 4.74 Å². The third kappa shape index (κ3) is 4.57. The fraction of sp³-hybridized carbons (Fsp3) is 0.684. The minimum atomic E-state index is -0.453. The molecule has 0 amide bonds. The summed E-state index contributed by atoms with van der Waals surface area (Å²) in [7, 11) is 1.61. The molecule has 1 fully saturated rings. The average Bonchev–Trinajstić information content (AvgIpc) is 3.23. The van der Waals surface area contributed by atoms with Crippen molar-refractivity contribution in [1.29, 1.82) is 0 Å². The Balaban J connectivity index is 1.74. The molecule has 8 nitrogen and oxygen atoms in total. The molecule has 2 N–H and O–H groups in total. The van der Waals surface area contributed by atoms with Crippen molar-refractivity contribution in [3.8, 4) is 5.88 Å². The van der Waals surface area contributed by atoms with Crippen LogP contribution in [0.2, 0.25) is 0 Å². The molecule has 8 heteroatoms. The van der Waals surface area contributed by atoms with Crippen molar-refractivity contribution < 1.29 is 19.7 Å². The van der Waals surface area contributed by atoms with Crippen LogP contribution in [0.25, 0.3) is 11.0 Å². The van der Waals surface area contributed by atoms with Crippen LogP contribution >= 0.6 is 0 Å². The molecule has 0 aromatic carbocycles. The largest absolute Gasteiger partial charge is 0.479 e. The molecule has 3 rings (SSSR count). The fourth-order valence-electron chi connectivity index (χ4n) is 3.60. The summed E-state index contributed by atoms with van der Waals surface area (Å²) in [6.07, 6.45) is 6.05. The van der Waals surface area contributed by atoms with Gasteiger partial charge in [0.2, 0.25) is 5.88 Å². The van der Waals surface area contributed by atoms with Crippen molar-refractivity contribution in [2.75, 3.05) is 40.0 Å². The minimum Gasteiger partial charge on any atom is -0.479 e. The molecular formula is C19H30N4O4. The van der Waals surface area contributed by atoms with E-state index in [9.17, 15) is 10.2 Å². The normalized spacial score (nSPS) is 20.6. The summed E-state index contributed by atoms with van der Waals surface area (Å²) < 4.78 is 13.2. The Bertz CT molecular complexity index is 736. The molecule has 0 bridgehead atoms. The Labute approximate surface area is 159 Å². The first-order chi connectivity index (χ1) is 13.2. The number of fused-ring (bicyclic) bond motifs is 1. The second kappa shape index (κ2) is 9.45. The van der Waals surface area contributed by atoms with Gasteiger partial charge in [-0.15, -0.1) is 0 Å². The quantitative estimate of drug-likeness (QED) is 0.597. The summed E-state index contributed by atoms with van der Waals surface area (Å²) in [4.78, 5) is 10.9. The number of aliphatic hydroxyl groups is 2. The van der Waals surface area contributed by atoms with Gasteiger partial charge in [-0.2, -0.15) is 4.98 Å². The summed E-state index contributed by atoms with van der Waals surface area (Å²) in [6.45, 7) is 5.44. The van der Waals surface area contributed by atoms with Crippen molar-refractivity contribution in [3.05, 3.63) is 18.1 Å². The van der Waals surface area contributed by atoms with E-state index in [1.54, 1.807) is 7.11 Å². The van der Waals surface area contributed by atoms with E-state index in [1.165, 1.54) is 6.33 Å². The van der Waals surface area contributed by atoms with Gasteiger partial charge >= 0.3 is 0 Å². The Kier molecular flexibility index (Phi) is 7.01. The molecule has 2 aromatic heterocycles. The number of nitrogens with zero attached hydrogens (tertiary/aromatic N) is 4. The zero-order chi connectivity index (χ0) is 19.2. The van der Waals surface area contributed by atoms with Crippen molar-refractivity contribution in [3.63, 3.8) is 0 Å². The van der Waals surface area contributed by atoms with E-state index >= 15 is 0 Å². The molecule has 27 heavy (non-hydrogen) atoms. The van der Waals surface area contributed by atoms with Gasteiger partial charge in [0.05, 0.1) is 18.7 Å². The molecule has 2 unspecified atom stereocenters. The number of unbranched alkanes of at least 4 members (excludes halogenated alkanes) is 1. The highest BCUT2D eigenvalue weighted by atomic mass is 16.5. The average molecular weight is 378 g/mol. The summed E-state index contributed by atoms with van der Waals surface area (Å²) in [5.74, 6) is 0.489. The van der Waals surface area contributed by atoms with E-state index in [2.05, 4.69) is 28.0 Å². The monoisotopic (exact) mass is 378 g/mol. The summed E-state index contributed by atoms with van der Waals surface area (Å²) in [5.41, 5.74) is 2.83. The molecule has 2 aromatic rings. The first-order valence-electron chi connectivity index (χ1n) is 9.63. The van der Waals surface area contributed by atoms with E-state index in [0.29, 0.717) is 19.2 Å². The highest BCUT2D eigenvalue weighted by molar-refractivity contribution is 5.83. The van der Waals surface area contributed by atoms with Crippen LogP contribution in [-0.4, -0.2) is 75.7 Å². The summed E-state index contributed by atoms with van der Waals surface area (Å²) in [6, 6.07) is 0. The van der Waals surface area contributed by atoms with Gasteiger partial charge in [0.15, 0.2) is 0 Å². The molecule has 0 radical (unpaired) electrons. The maximum Gasteiger partial charge on any atom is 0.241 e. The molecule has 0 saturated carbocycles. The summed E-state index contributed by atoms with van der Waals surface area (Å²) >= 11 is 0. The Hall–Kier alpha value is -1.74. The molecule has 1 aliphatic rings. The van der Waals surface area contributed by atoms with Crippen molar-refractivity contribution in [1.82, 2.24) is 19.4 Å². The van der Waals surface area contributed by atoms with E-state index in [-0.39, 0.29) is 12.5 Å². The molecule has 1 saturated heterocycles. The van der Waals surface area contributed by atoms with Gasteiger partial charge in [-0.3, -0.25) is 4.90 Å². The third-order valence-corrected chi connectivity index (χ3v) is 5.17. The smallest absolute Gasteiger partial charge is 0.241 e. The van der Waals surface area contributed by atoms with E-state index < -0.39 is 6.10 Å². The lowest BCUT2D eigenvalue weighted by Gasteiger charge is -2.14. The summed E-state index contributed by atoms with van der Waals surface area (Å²) in [5, 5.41) is 19.3. The van der Waals surface area contributed by atoms with Crippen LogP contribution in [0.3, 0.4) is 0 Å². The number of hydrogen-bond acceptors (Lipinski definition) is 7. The van der Waals surface area contributed by atoms with Crippen LogP contribution in [-0.2, 0) is 17.9 Å². The number of aliphatic hydroxyl groups excluding tert-OH is 2. The number of ether oxygens (including phenoxy) is 2. The second-order valence-corrected chi connectivity index (χ2v) is 7.11. The molecule has 0 aliphatic carbocycles. The molecule has 2 atom stereocenters. The zero-order valence-electron chi connectivity index (χ0n) is 16.2. The fourth-order valence-corrected chi connectivity index (χ4v) is 3.60. The number of methoxy groups -OCH3 is 1. The topological polar surface area (TPSA) is 92.9 Å². The van der Waals surface area contributed by atoms with Crippen LogP contribution in [0.15, 0.2) is 12.5 Å². The van der Waals surface area contributed by atoms with Crippen molar-refractivity contribution in [2.45, 2.75) is 39.0 Å². The van der Waals surface area contributed by atoms with E-state index in [0.717, 1.165) is 55.6 Å². The van der Waals surface area contributed by atoms with Crippen molar-refractivity contribution in [2.24, 2.45) is 5.92 Å². The SMILES string of the molecule is CCCCOCn1cc(CCN2CC(O)C(CO)C2)c2ncnc(OC)c21. The van der Waals surface area contributed by atoms with Gasteiger partial charge in [0.1, 0.15) is 18.6 Å². The van der Waals surface area contributed by atoms with Crippen LogP contribution in [0.4, 0.5) is 0 Å². The number of β-amino-alcohol motifs (C(OH)–C–C–N with tert-alkyl or cyclic N) is 1. The lowest BCUT2D eigenvalue weighted by molar-refractivity contribution is 0.0773. The Morgan fingerprint density at radius 2 is 2.15 bits per heavy atom. The van der Waals surface area contributed by atoms with Gasteiger partial charge in [0.25, 0.3) is 0 Å². The van der Waals surface area contributed by atoms with Gasteiger partial charge in [-0.1, -0.05) is 13.3 Å². The van der Waals surface area contributed by atoms with Gasteiger partial charge in [-0.25, -0.2) is 4.98 Å². The van der Waals surface area contributed by atoms with E-state index in [4.69, 9.17) is 9.47 Å². The maximum atomic E-state index is 9.98. The molecule has 1 aliphatic heterocycles. The lowest BCUT2D eigenvalue weighted by Crippen LogP contribution is -2.24. The van der Waals surface area contributed by atoms with Crippen LogP contribution in [0.1, 0.15) is 25.3 Å². The minimum absolute atomic E-state index is 0.0243. The maximum absolute atomic E-state index is 9.98. The van der Waals surface area contributed by atoms with Gasteiger partial charge < -0.3 is 24.3 Å². The molecule has 0 spiro atoms. The van der Waals surface area contributed by atoms with Crippen molar-refractivity contribution >= 4 is 11.0 Å². The predicted octanol–water partition coefficient (Wildman–Crippen LogP) is 1.04. The number of likely N-dealkylation sites (tertiary alicyclic amines) is 1. The predicted molar refractivity (Wildman–Crippen MR) is 102 cm³/mol. The number of rotatable bonds is 10. The molecular weight excluding hydrogens is 348 g/mol. The number of hydrogen-bond donors (Lipinski definition) is 2.